The molecule has 1 aliphatic heterocycles. The second-order valence-corrected chi connectivity index (χ2v) is 5.55. The van der Waals surface area contributed by atoms with Crippen LogP contribution in [0, 0.1) is 0 Å². The molecule has 0 aliphatic carbocycles. The summed E-state index contributed by atoms with van der Waals surface area (Å²) < 4.78 is 10.8. The summed E-state index contributed by atoms with van der Waals surface area (Å²) in [7, 11) is 0. The van der Waals surface area contributed by atoms with Gasteiger partial charge < -0.3 is 14.5 Å². The molecule has 3 amide bonds. The molecular weight excluding hydrogens is 312 g/mol. The van der Waals surface area contributed by atoms with Crippen molar-refractivity contribution in [2.45, 2.75) is 19.8 Å². The van der Waals surface area contributed by atoms with Gasteiger partial charge in [-0.05, 0) is 24.1 Å². The van der Waals surface area contributed by atoms with Crippen molar-refractivity contribution in [3.63, 3.8) is 0 Å². The standard InChI is InChI=1S/C17H18N2O5/c1-2-3-11-8-16(21)24-14-9-12(4-5-13(11)14)23-7-6-19-15(20)10-18-17(19)22/h4-5,8-9H,2-3,6-7,10H2,1H3,(H,18,22). The molecular formula is C17H18N2O5. The minimum Gasteiger partial charge on any atom is -0.492 e. The van der Waals surface area contributed by atoms with E-state index in [-0.39, 0.29) is 31.2 Å². The van der Waals surface area contributed by atoms with Crippen LogP contribution in [0.25, 0.3) is 11.0 Å². The third kappa shape index (κ3) is 3.24. The number of imide groups is 1. The molecule has 1 fully saturated rings. The van der Waals surface area contributed by atoms with Crippen molar-refractivity contribution >= 4 is 22.9 Å². The van der Waals surface area contributed by atoms with Crippen LogP contribution in [0.2, 0.25) is 0 Å². The first-order chi connectivity index (χ1) is 11.6. The van der Waals surface area contributed by atoms with E-state index in [0.29, 0.717) is 11.3 Å². The third-order valence-electron chi connectivity index (χ3n) is 3.84. The smallest absolute Gasteiger partial charge is 0.336 e. The van der Waals surface area contributed by atoms with Gasteiger partial charge in [0.2, 0.25) is 5.91 Å². The van der Waals surface area contributed by atoms with Gasteiger partial charge in [0.15, 0.2) is 0 Å². The molecule has 1 saturated heterocycles. The van der Waals surface area contributed by atoms with Crippen molar-refractivity contribution in [2.75, 3.05) is 19.7 Å². The molecule has 2 aromatic rings. The van der Waals surface area contributed by atoms with E-state index >= 15 is 0 Å². The highest BCUT2D eigenvalue weighted by Crippen LogP contribution is 2.23. The lowest BCUT2D eigenvalue weighted by Gasteiger charge is -2.13. The van der Waals surface area contributed by atoms with Crippen molar-refractivity contribution in [3.8, 4) is 5.75 Å². The predicted octanol–water partition coefficient (Wildman–Crippen LogP) is 1.68. The Morgan fingerprint density at radius 3 is 2.79 bits per heavy atom. The van der Waals surface area contributed by atoms with Crippen LogP contribution in [0.5, 0.6) is 5.75 Å². The topological polar surface area (TPSA) is 88.8 Å². The monoisotopic (exact) mass is 330 g/mol. The average Bonchev–Trinajstić information content (AvgIpc) is 2.86. The van der Waals surface area contributed by atoms with E-state index in [9.17, 15) is 14.4 Å². The van der Waals surface area contributed by atoms with Crippen LogP contribution in [0.15, 0.2) is 33.5 Å². The van der Waals surface area contributed by atoms with E-state index in [1.807, 2.05) is 13.0 Å². The number of carbonyl (C=O) groups is 2. The maximum atomic E-state index is 11.7. The number of rotatable bonds is 6. The van der Waals surface area contributed by atoms with Gasteiger partial charge in [0.1, 0.15) is 17.9 Å². The highest BCUT2D eigenvalue weighted by atomic mass is 16.5. The summed E-state index contributed by atoms with van der Waals surface area (Å²) in [6, 6.07) is 6.41. The number of fused-ring (bicyclic) bond motifs is 1. The number of hydrogen-bond donors (Lipinski definition) is 1. The second kappa shape index (κ2) is 6.74. The van der Waals surface area contributed by atoms with E-state index in [1.54, 1.807) is 12.1 Å². The Morgan fingerprint density at radius 1 is 1.25 bits per heavy atom. The molecule has 0 saturated carbocycles. The summed E-state index contributed by atoms with van der Waals surface area (Å²) >= 11 is 0. The number of benzene rings is 1. The van der Waals surface area contributed by atoms with Crippen LogP contribution in [-0.4, -0.2) is 36.5 Å². The molecule has 1 N–H and O–H groups in total. The molecule has 7 nitrogen and oxygen atoms in total. The predicted molar refractivity (Wildman–Crippen MR) is 87.1 cm³/mol. The summed E-state index contributed by atoms with van der Waals surface area (Å²) in [5.74, 6) is 0.253. The van der Waals surface area contributed by atoms with Crippen molar-refractivity contribution in [1.82, 2.24) is 10.2 Å². The quantitative estimate of drug-likeness (QED) is 0.643. The molecule has 0 radical (unpaired) electrons. The third-order valence-corrected chi connectivity index (χ3v) is 3.84. The number of urea groups is 1. The zero-order valence-electron chi connectivity index (χ0n) is 13.3. The summed E-state index contributed by atoms with van der Waals surface area (Å²) in [5, 5.41) is 3.34. The Balaban J connectivity index is 1.73. The number of nitrogens with zero attached hydrogens (tertiary/aromatic N) is 1. The zero-order valence-corrected chi connectivity index (χ0v) is 13.3. The fourth-order valence-electron chi connectivity index (χ4n) is 2.71. The van der Waals surface area contributed by atoms with Crippen molar-refractivity contribution in [2.24, 2.45) is 0 Å². The van der Waals surface area contributed by atoms with Crippen molar-refractivity contribution in [3.05, 3.63) is 40.2 Å². The van der Waals surface area contributed by atoms with Gasteiger partial charge in [0.25, 0.3) is 0 Å². The second-order valence-electron chi connectivity index (χ2n) is 5.55. The minimum atomic E-state index is -0.405. The van der Waals surface area contributed by atoms with Gasteiger partial charge in [0, 0.05) is 17.5 Å². The Morgan fingerprint density at radius 2 is 2.08 bits per heavy atom. The van der Waals surface area contributed by atoms with Gasteiger partial charge in [-0.3, -0.25) is 9.69 Å². The van der Waals surface area contributed by atoms with Crippen LogP contribution >= 0.6 is 0 Å². The number of ether oxygens (including phenoxy) is 1. The first kappa shape index (κ1) is 16.0. The van der Waals surface area contributed by atoms with Gasteiger partial charge in [-0.2, -0.15) is 0 Å². The van der Waals surface area contributed by atoms with E-state index < -0.39 is 6.03 Å². The lowest BCUT2D eigenvalue weighted by molar-refractivity contribution is -0.125. The summed E-state index contributed by atoms with van der Waals surface area (Å²) in [6.45, 7) is 2.42. The fourth-order valence-corrected chi connectivity index (χ4v) is 2.71. The number of aryl methyl sites for hydroxylation is 1. The Labute approximate surface area is 138 Å². The van der Waals surface area contributed by atoms with Gasteiger partial charge >= 0.3 is 11.7 Å². The average molecular weight is 330 g/mol. The Bertz CT molecular complexity index is 826. The van der Waals surface area contributed by atoms with E-state index in [1.165, 1.54) is 6.07 Å². The van der Waals surface area contributed by atoms with E-state index in [2.05, 4.69) is 5.32 Å². The highest BCUT2D eigenvalue weighted by Gasteiger charge is 2.27. The molecule has 0 bridgehead atoms. The van der Waals surface area contributed by atoms with Gasteiger partial charge in [0.05, 0.1) is 13.1 Å². The van der Waals surface area contributed by atoms with Gasteiger partial charge in [-0.25, -0.2) is 9.59 Å². The normalized spacial score (nSPS) is 14.3. The molecule has 24 heavy (non-hydrogen) atoms. The van der Waals surface area contributed by atoms with Crippen molar-refractivity contribution in [1.29, 1.82) is 0 Å². The maximum absolute atomic E-state index is 11.7. The number of amides is 3. The molecule has 3 rings (SSSR count). The van der Waals surface area contributed by atoms with Crippen LogP contribution in [0.4, 0.5) is 4.79 Å². The first-order valence-electron chi connectivity index (χ1n) is 7.86. The van der Waals surface area contributed by atoms with Crippen molar-refractivity contribution < 1.29 is 18.7 Å². The van der Waals surface area contributed by atoms with Crippen LogP contribution in [0.3, 0.4) is 0 Å². The molecule has 2 heterocycles. The summed E-state index contributed by atoms with van der Waals surface area (Å²) in [4.78, 5) is 35.7. The van der Waals surface area contributed by atoms with Gasteiger partial charge in [-0.1, -0.05) is 13.3 Å². The number of nitrogens with one attached hydrogen (secondary N) is 1. The molecule has 1 aliphatic rings. The molecule has 0 unspecified atom stereocenters. The Hall–Kier alpha value is -2.83. The Kier molecular flexibility index (Phi) is 4.50. The SMILES string of the molecule is CCCc1cc(=O)oc2cc(OCCN3C(=O)CNC3=O)ccc12. The number of carbonyl (C=O) groups excluding carboxylic acids is 2. The summed E-state index contributed by atoms with van der Waals surface area (Å²) in [5.41, 5.74) is 1.04. The van der Waals surface area contributed by atoms with Gasteiger partial charge in [-0.15, -0.1) is 0 Å². The molecule has 0 spiro atoms. The van der Waals surface area contributed by atoms with E-state index in [4.69, 9.17) is 9.15 Å². The lowest BCUT2D eigenvalue weighted by Crippen LogP contribution is -2.34. The maximum Gasteiger partial charge on any atom is 0.336 e. The summed E-state index contributed by atoms with van der Waals surface area (Å²) in [6.07, 6.45) is 1.73. The molecule has 7 heteroatoms. The van der Waals surface area contributed by atoms with E-state index in [0.717, 1.165) is 28.7 Å². The lowest BCUT2D eigenvalue weighted by atomic mass is 10.1. The molecule has 1 aromatic carbocycles. The highest BCUT2D eigenvalue weighted by molar-refractivity contribution is 6.01. The molecule has 126 valence electrons. The van der Waals surface area contributed by atoms with Crippen LogP contribution in [-0.2, 0) is 11.2 Å². The van der Waals surface area contributed by atoms with Crippen LogP contribution < -0.4 is 15.7 Å². The molecule has 0 atom stereocenters. The largest absolute Gasteiger partial charge is 0.492 e. The molecule has 1 aromatic heterocycles. The first-order valence-corrected chi connectivity index (χ1v) is 7.86. The number of hydrogen-bond acceptors (Lipinski definition) is 5. The zero-order chi connectivity index (χ0) is 17.1. The minimum absolute atomic E-state index is 0.0279. The fraction of sp³-hybridized carbons (Fsp3) is 0.353. The van der Waals surface area contributed by atoms with Crippen LogP contribution in [0.1, 0.15) is 18.9 Å².